The molecule has 0 saturated heterocycles. The van der Waals surface area contributed by atoms with Crippen molar-refractivity contribution in [3.8, 4) is 0 Å². The van der Waals surface area contributed by atoms with Crippen molar-refractivity contribution in [2.75, 3.05) is 14.1 Å². The summed E-state index contributed by atoms with van der Waals surface area (Å²) < 4.78 is 0. The molecular formula is C22H37NO3. The zero-order valence-electron chi connectivity index (χ0n) is 16.7. The summed E-state index contributed by atoms with van der Waals surface area (Å²) in [6.07, 6.45) is 14.2. The molecule has 5 atom stereocenters. The van der Waals surface area contributed by atoms with Crippen LogP contribution < -0.4 is 0 Å². The molecule has 0 bridgehead atoms. The maximum Gasteiger partial charge on any atom is 0.222 e. The second kappa shape index (κ2) is 10.3. The van der Waals surface area contributed by atoms with Gasteiger partial charge in [-0.3, -0.25) is 4.79 Å². The van der Waals surface area contributed by atoms with Crippen LogP contribution in [0.5, 0.6) is 0 Å². The Hall–Kier alpha value is -1.13. The Labute approximate surface area is 159 Å². The fraction of sp³-hybridized carbons (Fsp3) is 0.773. The number of hydrogen-bond acceptors (Lipinski definition) is 3. The van der Waals surface area contributed by atoms with E-state index in [2.05, 4.69) is 19.1 Å². The summed E-state index contributed by atoms with van der Waals surface area (Å²) in [6, 6.07) is 0. The Kier molecular flexibility index (Phi) is 8.36. The SMILES string of the molecule is CCCC[C@@H](O)/C=C/[C@@H]1[C@H]2CC(CCCCC(=O)N(C)C)=C[C@H]2C[C@H]1O. The normalized spacial score (nSPS) is 29.0. The molecule has 1 amide bonds. The maximum atomic E-state index is 11.6. The third-order valence-corrected chi connectivity index (χ3v) is 6.00. The molecule has 1 fully saturated rings. The van der Waals surface area contributed by atoms with Crippen LogP contribution in [-0.2, 0) is 4.79 Å². The lowest BCUT2D eigenvalue weighted by Crippen LogP contribution is -2.21. The number of hydrogen-bond donors (Lipinski definition) is 2. The maximum absolute atomic E-state index is 11.6. The predicted octanol–water partition coefficient (Wildman–Crippen LogP) is 3.69. The van der Waals surface area contributed by atoms with Gasteiger partial charge in [0.15, 0.2) is 0 Å². The molecular weight excluding hydrogens is 326 g/mol. The van der Waals surface area contributed by atoms with Crippen LogP contribution in [0.2, 0.25) is 0 Å². The lowest BCUT2D eigenvalue weighted by Gasteiger charge is -2.19. The van der Waals surface area contributed by atoms with Crippen molar-refractivity contribution in [3.63, 3.8) is 0 Å². The molecule has 26 heavy (non-hydrogen) atoms. The van der Waals surface area contributed by atoms with Crippen LogP contribution in [0.3, 0.4) is 0 Å². The van der Waals surface area contributed by atoms with Crippen molar-refractivity contribution >= 4 is 5.91 Å². The quantitative estimate of drug-likeness (QED) is 0.460. The highest BCUT2D eigenvalue weighted by atomic mass is 16.3. The minimum Gasteiger partial charge on any atom is -0.392 e. The van der Waals surface area contributed by atoms with Crippen LogP contribution >= 0.6 is 0 Å². The van der Waals surface area contributed by atoms with Gasteiger partial charge in [0, 0.05) is 26.4 Å². The predicted molar refractivity (Wildman–Crippen MR) is 106 cm³/mol. The Balaban J connectivity index is 1.77. The van der Waals surface area contributed by atoms with E-state index in [1.54, 1.807) is 19.0 Å². The number of fused-ring (bicyclic) bond motifs is 1. The molecule has 1 saturated carbocycles. The third-order valence-electron chi connectivity index (χ3n) is 6.00. The van der Waals surface area contributed by atoms with Crippen LogP contribution in [0.25, 0.3) is 0 Å². The van der Waals surface area contributed by atoms with E-state index in [1.165, 1.54) is 5.57 Å². The summed E-state index contributed by atoms with van der Waals surface area (Å²) in [5.74, 6) is 1.33. The van der Waals surface area contributed by atoms with Crippen LogP contribution in [0, 0.1) is 17.8 Å². The van der Waals surface area contributed by atoms with Crippen LogP contribution in [0.1, 0.15) is 64.7 Å². The van der Waals surface area contributed by atoms with E-state index in [4.69, 9.17) is 0 Å². The first kappa shape index (κ1) is 21.2. The fourth-order valence-electron chi connectivity index (χ4n) is 4.41. The number of aliphatic hydroxyl groups excluding tert-OH is 2. The average Bonchev–Trinajstić information content (AvgIpc) is 3.11. The highest BCUT2D eigenvalue weighted by Gasteiger charge is 2.43. The molecule has 0 aromatic carbocycles. The van der Waals surface area contributed by atoms with E-state index < -0.39 is 0 Å². The molecule has 0 heterocycles. The van der Waals surface area contributed by atoms with E-state index in [-0.39, 0.29) is 24.0 Å². The van der Waals surface area contributed by atoms with Gasteiger partial charge in [0.2, 0.25) is 5.91 Å². The molecule has 148 valence electrons. The molecule has 0 unspecified atom stereocenters. The minimum absolute atomic E-state index is 0.167. The van der Waals surface area contributed by atoms with Crippen molar-refractivity contribution in [2.45, 2.75) is 76.9 Å². The van der Waals surface area contributed by atoms with Gasteiger partial charge in [-0.2, -0.15) is 0 Å². The lowest BCUT2D eigenvalue weighted by atomic mass is 9.88. The summed E-state index contributed by atoms with van der Waals surface area (Å²) in [5.41, 5.74) is 1.49. The molecule has 2 aliphatic carbocycles. The Morgan fingerprint density at radius 3 is 2.81 bits per heavy atom. The van der Waals surface area contributed by atoms with Crippen molar-refractivity contribution in [3.05, 3.63) is 23.8 Å². The largest absolute Gasteiger partial charge is 0.392 e. The number of rotatable bonds is 10. The van der Waals surface area contributed by atoms with E-state index in [0.29, 0.717) is 18.3 Å². The Morgan fingerprint density at radius 2 is 2.12 bits per heavy atom. The van der Waals surface area contributed by atoms with Gasteiger partial charge in [-0.15, -0.1) is 0 Å². The summed E-state index contributed by atoms with van der Waals surface area (Å²) >= 11 is 0. The molecule has 4 nitrogen and oxygen atoms in total. The van der Waals surface area contributed by atoms with Gasteiger partial charge in [-0.1, -0.05) is 43.6 Å². The highest BCUT2D eigenvalue weighted by molar-refractivity contribution is 5.75. The number of nitrogens with zero attached hydrogens (tertiary/aromatic N) is 1. The molecule has 2 N–H and O–H groups in total. The Bertz CT molecular complexity index is 512. The van der Waals surface area contributed by atoms with Gasteiger partial charge in [0.1, 0.15) is 0 Å². The molecule has 2 aliphatic rings. The summed E-state index contributed by atoms with van der Waals surface area (Å²) in [6.45, 7) is 2.13. The molecule has 0 aromatic heterocycles. The second-order valence-electron chi connectivity index (χ2n) is 8.33. The number of unbranched alkanes of at least 4 members (excludes halogenated alkanes) is 2. The first-order valence-corrected chi connectivity index (χ1v) is 10.4. The van der Waals surface area contributed by atoms with Crippen molar-refractivity contribution < 1.29 is 15.0 Å². The van der Waals surface area contributed by atoms with Gasteiger partial charge in [0.05, 0.1) is 12.2 Å². The molecule has 0 spiro atoms. The first-order chi connectivity index (χ1) is 12.4. The first-order valence-electron chi connectivity index (χ1n) is 10.4. The molecule has 0 radical (unpaired) electrons. The molecule has 0 aliphatic heterocycles. The number of carbonyl (C=O) groups is 1. The lowest BCUT2D eigenvalue weighted by molar-refractivity contribution is -0.128. The smallest absolute Gasteiger partial charge is 0.222 e. The van der Waals surface area contributed by atoms with Gasteiger partial charge < -0.3 is 15.1 Å². The van der Waals surface area contributed by atoms with Gasteiger partial charge in [-0.25, -0.2) is 0 Å². The minimum atomic E-state index is -0.385. The zero-order valence-corrected chi connectivity index (χ0v) is 16.7. The monoisotopic (exact) mass is 363 g/mol. The number of aliphatic hydroxyl groups is 2. The van der Waals surface area contributed by atoms with Crippen molar-refractivity contribution in [2.24, 2.45) is 17.8 Å². The van der Waals surface area contributed by atoms with Crippen LogP contribution in [0.4, 0.5) is 0 Å². The number of carbonyl (C=O) groups excluding carboxylic acids is 1. The fourth-order valence-corrected chi connectivity index (χ4v) is 4.41. The van der Waals surface area contributed by atoms with E-state index in [9.17, 15) is 15.0 Å². The topological polar surface area (TPSA) is 60.8 Å². The third kappa shape index (κ3) is 5.95. The van der Waals surface area contributed by atoms with E-state index >= 15 is 0 Å². The Morgan fingerprint density at radius 1 is 1.35 bits per heavy atom. The van der Waals surface area contributed by atoms with Gasteiger partial charge >= 0.3 is 0 Å². The highest BCUT2D eigenvalue weighted by Crippen LogP contribution is 2.48. The van der Waals surface area contributed by atoms with Crippen molar-refractivity contribution in [1.82, 2.24) is 4.90 Å². The average molecular weight is 364 g/mol. The standard InChI is InChI=1S/C22H37NO3/c1-4-5-9-18(24)11-12-19-20-14-16(13-17(20)15-21(19)25)8-6-7-10-22(26)23(2)3/h11-13,17-21,24-25H,4-10,14-15H2,1-3H3/b12-11+/t17-,18+,19+,20-,21+/m0/s1. The molecule has 2 rings (SSSR count). The van der Waals surface area contributed by atoms with Crippen molar-refractivity contribution in [1.29, 1.82) is 0 Å². The molecule has 4 heteroatoms. The molecule has 0 aromatic rings. The summed E-state index contributed by atoms with van der Waals surface area (Å²) in [7, 11) is 3.61. The summed E-state index contributed by atoms with van der Waals surface area (Å²) in [4.78, 5) is 13.3. The van der Waals surface area contributed by atoms with E-state index in [0.717, 1.165) is 51.4 Å². The van der Waals surface area contributed by atoms with Crippen LogP contribution in [-0.4, -0.2) is 47.3 Å². The number of allylic oxidation sites excluding steroid dienone is 2. The second-order valence-corrected chi connectivity index (χ2v) is 8.33. The zero-order chi connectivity index (χ0) is 19.1. The van der Waals surface area contributed by atoms with E-state index in [1.807, 2.05) is 6.08 Å². The van der Waals surface area contributed by atoms with Gasteiger partial charge in [-0.05, 0) is 50.4 Å². The summed E-state index contributed by atoms with van der Waals surface area (Å²) in [5, 5.41) is 20.4. The van der Waals surface area contributed by atoms with Gasteiger partial charge in [0.25, 0.3) is 0 Å². The number of amides is 1. The van der Waals surface area contributed by atoms with Crippen LogP contribution in [0.15, 0.2) is 23.8 Å².